The number of halogens is 4. The summed E-state index contributed by atoms with van der Waals surface area (Å²) in [5.74, 6) is -0.504. The lowest BCUT2D eigenvalue weighted by atomic mass is 9.95. The molecule has 2 nitrogen and oxygen atoms in total. The molecule has 6 heteroatoms. The second-order valence-electron chi connectivity index (χ2n) is 5.36. The molecular weight excluding hydrogens is 286 g/mol. The van der Waals surface area contributed by atoms with Gasteiger partial charge in [-0.05, 0) is 30.9 Å². The monoisotopic (exact) mass is 305 g/mol. The Balaban J connectivity index is 1.87. The van der Waals surface area contributed by atoms with Crippen molar-refractivity contribution < 1.29 is 22.3 Å². The molecule has 2 rings (SSSR count). The molecule has 1 atom stereocenters. The van der Waals surface area contributed by atoms with Crippen molar-refractivity contribution in [3.63, 3.8) is 0 Å². The largest absolute Gasteiger partial charge is 0.411 e. The Labute approximate surface area is 121 Å². The van der Waals surface area contributed by atoms with Crippen molar-refractivity contribution in [2.75, 3.05) is 19.8 Å². The molecule has 1 N–H and O–H groups in total. The average Bonchev–Trinajstić information content (AvgIpc) is 3.22. The van der Waals surface area contributed by atoms with Crippen molar-refractivity contribution in [3.8, 4) is 0 Å². The molecule has 1 aromatic rings. The Morgan fingerprint density at radius 3 is 2.57 bits per heavy atom. The summed E-state index contributed by atoms with van der Waals surface area (Å²) < 4.78 is 54.6. The number of benzene rings is 1. The van der Waals surface area contributed by atoms with Crippen molar-refractivity contribution in [1.82, 2.24) is 5.32 Å². The maximum absolute atomic E-state index is 13.8. The first-order valence-corrected chi connectivity index (χ1v) is 7.08. The normalized spacial score (nSPS) is 17.0. The Hall–Kier alpha value is -1.14. The zero-order valence-electron chi connectivity index (χ0n) is 11.6. The van der Waals surface area contributed by atoms with Gasteiger partial charge in [0.05, 0.1) is 0 Å². The predicted molar refractivity (Wildman–Crippen MR) is 71.7 cm³/mol. The molecule has 0 bridgehead atoms. The van der Waals surface area contributed by atoms with Crippen molar-refractivity contribution >= 4 is 0 Å². The Morgan fingerprint density at radius 2 is 1.95 bits per heavy atom. The van der Waals surface area contributed by atoms with Crippen LogP contribution in [0.3, 0.4) is 0 Å². The van der Waals surface area contributed by atoms with Crippen LogP contribution in [0.4, 0.5) is 17.6 Å². The summed E-state index contributed by atoms with van der Waals surface area (Å²) in [4.78, 5) is 0. The van der Waals surface area contributed by atoms with E-state index in [1.807, 2.05) is 0 Å². The fourth-order valence-electron chi connectivity index (χ4n) is 2.18. The minimum Gasteiger partial charge on any atom is -0.372 e. The second kappa shape index (κ2) is 7.22. The van der Waals surface area contributed by atoms with Crippen LogP contribution in [0.2, 0.25) is 0 Å². The third-order valence-electron chi connectivity index (χ3n) is 3.45. The summed E-state index contributed by atoms with van der Waals surface area (Å²) in [5, 5.41) is 3.30. The van der Waals surface area contributed by atoms with Crippen LogP contribution in [0.15, 0.2) is 24.3 Å². The van der Waals surface area contributed by atoms with Gasteiger partial charge in [-0.2, -0.15) is 13.2 Å². The van der Waals surface area contributed by atoms with Crippen LogP contribution in [-0.4, -0.2) is 32.0 Å². The number of hydrogen-bond donors (Lipinski definition) is 1. The highest BCUT2D eigenvalue weighted by atomic mass is 19.4. The lowest BCUT2D eigenvalue weighted by Crippen LogP contribution is -2.25. The highest BCUT2D eigenvalue weighted by Crippen LogP contribution is 2.25. The van der Waals surface area contributed by atoms with Gasteiger partial charge >= 0.3 is 6.18 Å². The van der Waals surface area contributed by atoms with E-state index in [-0.39, 0.29) is 18.3 Å². The van der Waals surface area contributed by atoms with Crippen LogP contribution in [-0.2, 0) is 4.74 Å². The number of ether oxygens (including phenoxy) is 1. The second-order valence-corrected chi connectivity index (χ2v) is 5.36. The van der Waals surface area contributed by atoms with Crippen LogP contribution >= 0.6 is 0 Å². The summed E-state index contributed by atoms with van der Waals surface area (Å²) >= 11 is 0. The van der Waals surface area contributed by atoms with Gasteiger partial charge in [-0.25, -0.2) is 4.39 Å². The molecule has 1 unspecified atom stereocenters. The van der Waals surface area contributed by atoms with E-state index in [1.165, 1.54) is 6.07 Å². The predicted octanol–water partition coefficient (Wildman–Crippen LogP) is 3.63. The van der Waals surface area contributed by atoms with E-state index < -0.39 is 12.8 Å². The standard InChI is InChI=1S/C15H19F4NO/c16-14-4-2-1-3-13(14)11(9-20-12-5-6-12)7-8-21-10-15(17,18)19/h1-4,11-12,20H,5-10H2. The fraction of sp³-hybridized carbons (Fsp3) is 0.600. The topological polar surface area (TPSA) is 21.3 Å². The molecule has 0 aromatic heterocycles. The minimum absolute atomic E-state index is 0.0368. The average molecular weight is 305 g/mol. The van der Waals surface area contributed by atoms with Crippen LogP contribution in [0.1, 0.15) is 30.7 Å². The van der Waals surface area contributed by atoms with Gasteiger partial charge in [0.1, 0.15) is 12.4 Å². The van der Waals surface area contributed by atoms with Gasteiger partial charge in [0.15, 0.2) is 0 Å². The first kappa shape index (κ1) is 16.2. The quantitative estimate of drug-likeness (QED) is 0.585. The Morgan fingerprint density at radius 1 is 1.24 bits per heavy atom. The Kier molecular flexibility index (Phi) is 5.58. The molecule has 1 aliphatic carbocycles. The SMILES string of the molecule is Fc1ccccc1C(CCOCC(F)(F)F)CNC1CC1. The summed E-state index contributed by atoms with van der Waals surface area (Å²) in [6, 6.07) is 6.85. The van der Waals surface area contributed by atoms with Crippen LogP contribution in [0.25, 0.3) is 0 Å². The number of hydrogen-bond acceptors (Lipinski definition) is 2. The zero-order chi connectivity index (χ0) is 15.3. The van der Waals surface area contributed by atoms with E-state index in [1.54, 1.807) is 18.2 Å². The molecule has 0 radical (unpaired) electrons. The highest BCUT2D eigenvalue weighted by molar-refractivity contribution is 5.22. The maximum atomic E-state index is 13.8. The van der Waals surface area contributed by atoms with E-state index in [4.69, 9.17) is 0 Å². The van der Waals surface area contributed by atoms with E-state index in [2.05, 4.69) is 10.1 Å². The van der Waals surface area contributed by atoms with Gasteiger partial charge in [0, 0.05) is 25.1 Å². The molecule has 1 fully saturated rings. The summed E-state index contributed by atoms with van der Waals surface area (Å²) in [5.41, 5.74) is 0.529. The van der Waals surface area contributed by atoms with Gasteiger partial charge < -0.3 is 10.1 Å². The molecular formula is C15H19F4NO. The number of rotatable bonds is 8. The maximum Gasteiger partial charge on any atom is 0.411 e. The summed E-state index contributed by atoms with van der Waals surface area (Å²) in [7, 11) is 0. The molecule has 0 saturated heterocycles. The van der Waals surface area contributed by atoms with Crippen molar-refractivity contribution in [1.29, 1.82) is 0 Å². The molecule has 0 heterocycles. The number of alkyl halides is 3. The van der Waals surface area contributed by atoms with Crippen molar-refractivity contribution in [3.05, 3.63) is 35.6 Å². The van der Waals surface area contributed by atoms with Crippen molar-refractivity contribution in [2.24, 2.45) is 0 Å². The Bertz CT molecular complexity index is 446. The van der Waals surface area contributed by atoms with E-state index in [0.29, 0.717) is 24.6 Å². The lowest BCUT2D eigenvalue weighted by molar-refractivity contribution is -0.174. The van der Waals surface area contributed by atoms with Gasteiger partial charge in [-0.15, -0.1) is 0 Å². The van der Waals surface area contributed by atoms with Crippen LogP contribution < -0.4 is 5.32 Å². The first-order valence-electron chi connectivity index (χ1n) is 7.08. The van der Waals surface area contributed by atoms with Gasteiger partial charge in [-0.3, -0.25) is 0 Å². The molecule has 21 heavy (non-hydrogen) atoms. The van der Waals surface area contributed by atoms with Gasteiger partial charge in [-0.1, -0.05) is 18.2 Å². The summed E-state index contributed by atoms with van der Waals surface area (Å²) in [6.45, 7) is -0.737. The third-order valence-corrected chi connectivity index (χ3v) is 3.45. The van der Waals surface area contributed by atoms with Crippen LogP contribution in [0.5, 0.6) is 0 Å². The van der Waals surface area contributed by atoms with Gasteiger partial charge in [0.2, 0.25) is 0 Å². The van der Waals surface area contributed by atoms with Crippen molar-refractivity contribution in [2.45, 2.75) is 37.4 Å². The molecule has 0 spiro atoms. The fourth-order valence-corrected chi connectivity index (χ4v) is 2.18. The molecule has 1 aliphatic rings. The molecule has 118 valence electrons. The van der Waals surface area contributed by atoms with E-state index in [9.17, 15) is 17.6 Å². The zero-order valence-corrected chi connectivity index (χ0v) is 11.6. The van der Waals surface area contributed by atoms with Crippen LogP contribution in [0, 0.1) is 5.82 Å². The molecule has 0 amide bonds. The first-order chi connectivity index (χ1) is 9.96. The van der Waals surface area contributed by atoms with E-state index in [0.717, 1.165) is 12.8 Å². The molecule has 1 saturated carbocycles. The third kappa shape index (κ3) is 6.01. The van der Waals surface area contributed by atoms with Gasteiger partial charge in [0.25, 0.3) is 0 Å². The molecule has 0 aliphatic heterocycles. The highest BCUT2D eigenvalue weighted by Gasteiger charge is 2.28. The lowest BCUT2D eigenvalue weighted by Gasteiger charge is -2.19. The molecule has 1 aromatic carbocycles. The van der Waals surface area contributed by atoms with E-state index >= 15 is 0 Å². The smallest absolute Gasteiger partial charge is 0.372 e. The minimum atomic E-state index is -4.32. The number of nitrogens with one attached hydrogen (secondary N) is 1. The summed E-state index contributed by atoms with van der Waals surface area (Å²) in [6.07, 6.45) is -1.75.